The van der Waals surface area contributed by atoms with Crippen molar-refractivity contribution in [2.24, 2.45) is 11.3 Å². The molecule has 0 spiro atoms. The van der Waals surface area contributed by atoms with E-state index in [1.165, 1.54) is 0 Å². The van der Waals surface area contributed by atoms with Gasteiger partial charge in [-0.3, -0.25) is 9.59 Å². The van der Waals surface area contributed by atoms with E-state index in [-0.39, 0.29) is 17.2 Å². The van der Waals surface area contributed by atoms with Crippen LogP contribution >= 0.6 is 0 Å². The molecule has 1 aliphatic heterocycles. The first-order valence-electron chi connectivity index (χ1n) is 4.38. The second kappa shape index (κ2) is 3.77. The van der Waals surface area contributed by atoms with Gasteiger partial charge in [0.05, 0.1) is 6.61 Å². The average Bonchev–Trinajstić information content (AvgIpc) is 2.49. The van der Waals surface area contributed by atoms with Gasteiger partial charge in [0, 0.05) is 18.4 Å². The first-order chi connectivity index (χ1) is 6.06. The van der Waals surface area contributed by atoms with Crippen LogP contribution in [0.1, 0.15) is 20.3 Å². The van der Waals surface area contributed by atoms with Gasteiger partial charge in [0.15, 0.2) is 0 Å². The van der Waals surface area contributed by atoms with Crippen LogP contribution in [0.3, 0.4) is 0 Å². The van der Waals surface area contributed by atoms with Crippen molar-refractivity contribution in [3.05, 3.63) is 0 Å². The molecule has 0 bridgehead atoms. The number of carbonyl (C=O) groups excluding carboxylic acids is 2. The van der Waals surface area contributed by atoms with E-state index in [2.05, 4.69) is 5.32 Å². The van der Waals surface area contributed by atoms with Crippen LogP contribution in [0.5, 0.6) is 0 Å². The normalized spacial score (nSPS) is 22.6. The summed E-state index contributed by atoms with van der Waals surface area (Å²) in [6.07, 6.45) is 0.537. The topological polar surface area (TPSA) is 55.4 Å². The van der Waals surface area contributed by atoms with Gasteiger partial charge < -0.3 is 10.1 Å². The SMILES string of the molecule is CC(C)(COC=O)C1CNC(=O)C1. The molecule has 1 rings (SSSR count). The van der Waals surface area contributed by atoms with Crippen LogP contribution in [0.15, 0.2) is 0 Å². The lowest BCUT2D eigenvalue weighted by atomic mass is 9.79. The largest absolute Gasteiger partial charge is 0.467 e. The number of amides is 1. The molecular weight excluding hydrogens is 170 g/mol. The molecular formula is C9H15NO3. The Morgan fingerprint density at radius 2 is 2.38 bits per heavy atom. The zero-order valence-electron chi connectivity index (χ0n) is 8.00. The van der Waals surface area contributed by atoms with E-state index in [0.717, 1.165) is 0 Å². The number of rotatable bonds is 4. The van der Waals surface area contributed by atoms with Gasteiger partial charge in [0.25, 0.3) is 6.47 Å². The van der Waals surface area contributed by atoms with Gasteiger partial charge in [-0.2, -0.15) is 0 Å². The third-order valence-electron chi connectivity index (χ3n) is 2.61. The molecule has 1 aliphatic rings. The Morgan fingerprint density at radius 1 is 1.69 bits per heavy atom. The third-order valence-corrected chi connectivity index (χ3v) is 2.61. The summed E-state index contributed by atoms with van der Waals surface area (Å²) in [6, 6.07) is 0. The van der Waals surface area contributed by atoms with Crippen molar-refractivity contribution in [3.63, 3.8) is 0 Å². The Balaban J connectivity index is 2.48. The fourth-order valence-corrected chi connectivity index (χ4v) is 1.52. The molecule has 4 nitrogen and oxygen atoms in total. The summed E-state index contributed by atoms with van der Waals surface area (Å²) < 4.78 is 4.73. The molecule has 0 aromatic carbocycles. The van der Waals surface area contributed by atoms with Crippen LogP contribution in [0, 0.1) is 11.3 Å². The molecule has 0 saturated carbocycles. The summed E-state index contributed by atoms with van der Waals surface area (Å²) in [5.74, 6) is 0.351. The monoisotopic (exact) mass is 185 g/mol. The summed E-state index contributed by atoms with van der Waals surface area (Å²) >= 11 is 0. The highest BCUT2D eigenvalue weighted by Crippen LogP contribution is 2.31. The van der Waals surface area contributed by atoms with Crippen LogP contribution in [0.2, 0.25) is 0 Å². The Hall–Kier alpha value is -1.06. The Bertz CT molecular complexity index is 213. The smallest absolute Gasteiger partial charge is 0.293 e. The molecule has 1 unspecified atom stereocenters. The third kappa shape index (κ3) is 2.44. The summed E-state index contributed by atoms with van der Waals surface area (Å²) in [5.41, 5.74) is -0.125. The molecule has 0 aromatic heterocycles. The van der Waals surface area contributed by atoms with Gasteiger partial charge in [-0.25, -0.2) is 0 Å². The van der Waals surface area contributed by atoms with E-state index >= 15 is 0 Å². The Morgan fingerprint density at radius 3 is 2.85 bits per heavy atom. The molecule has 1 heterocycles. The summed E-state index contributed by atoms with van der Waals surface area (Å²) in [4.78, 5) is 21.0. The van der Waals surface area contributed by atoms with Crippen LogP contribution in [0.25, 0.3) is 0 Å². The highest BCUT2D eigenvalue weighted by atomic mass is 16.5. The number of ether oxygens (including phenoxy) is 1. The maximum Gasteiger partial charge on any atom is 0.293 e. The number of nitrogens with one attached hydrogen (secondary N) is 1. The van der Waals surface area contributed by atoms with Crippen LogP contribution in [-0.4, -0.2) is 25.5 Å². The molecule has 4 heteroatoms. The Kier molecular flexibility index (Phi) is 2.90. The van der Waals surface area contributed by atoms with Crippen molar-refractivity contribution in [2.75, 3.05) is 13.2 Å². The van der Waals surface area contributed by atoms with Gasteiger partial charge in [-0.05, 0) is 5.92 Å². The van der Waals surface area contributed by atoms with E-state index in [9.17, 15) is 9.59 Å². The van der Waals surface area contributed by atoms with E-state index in [1.54, 1.807) is 0 Å². The average molecular weight is 185 g/mol. The highest BCUT2D eigenvalue weighted by Gasteiger charge is 2.35. The summed E-state index contributed by atoms with van der Waals surface area (Å²) in [6.45, 7) is 5.51. The van der Waals surface area contributed by atoms with E-state index < -0.39 is 0 Å². The lowest BCUT2D eigenvalue weighted by Gasteiger charge is -2.28. The highest BCUT2D eigenvalue weighted by molar-refractivity contribution is 5.78. The van der Waals surface area contributed by atoms with Crippen molar-refractivity contribution >= 4 is 12.4 Å². The number of carbonyl (C=O) groups is 2. The van der Waals surface area contributed by atoms with Crippen molar-refractivity contribution in [2.45, 2.75) is 20.3 Å². The first-order valence-corrected chi connectivity index (χ1v) is 4.38. The minimum Gasteiger partial charge on any atom is -0.467 e. The van der Waals surface area contributed by atoms with Crippen molar-refractivity contribution in [3.8, 4) is 0 Å². The summed E-state index contributed by atoms with van der Waals surface area (Å²) in [7, 11) is 0. The molecule has 13 heavy (non-hydrogen) atoms. The molecule has 1 saturated heterocycles. The predicted octanol–water partition coefficient (Wildman–Crippen LogP) is 0.322. The quantitative estimate of drug-likeness (QED) is 0.642. The maximum atomic E-state index is 11.0. The zero-order chi connectivity index (χ0) is 9.90. The zero-order valence-corrected chi connectivity index (χ0v) is 8.00. The van der Waals surface area contributed by atoms with Gasteiger partial charge >= 0.3 is 0 Å². The lowest BCUT2D eigenvalue weighted by Crippen LogP contribution is -2.30. The van der Waals surface area contributed by atoms with Crippen molar-refractivity contribution in [1.29, 1.82) is 0 Å². The van der Waals surface area contributed by atoms with Gasteiger partial charge in [0.1, 0.15) is 0 Å². The van der Waals surface area contributed by atoms with E-state index in [1.807, 2.05) is 13.8 Å². The van der Waals surface area contributed by atoms with Gasteiger partial charge in [-0.1, -0.05) is 13.8 Å². The molecule has 74 valence electrons. The molecule has 1 fully saturated rings. The second-order valence-corrected chi connectivity index (χ2v) is 4.10. The molecule has 0 radical (unpaired) electrons. The minimum absolute atomic E-state index is 0.0872. The maximum absolute atomic E-state index is 11.0. The fourth-order valence-electron chi connectivity index (χ4n) is 1.52. The minimum atomic E-state index is -0.125. The number of hydrogen-bond donors (Lipinski definition) is 1. The standard InChI is InChI=1S/C9H15NO3/c1-9(2,5-13-6-11)7-3-8(12)10-4-7/h6-7H,3-5H2,1-2H3,(H,10,12). The first kappa shape index (κ1) is 10.0. The predicted molar refractivity (Wildman–Crippen MR) is 46.9 cm³/mol. The van der Waals surface area contributed by atoms with Crippen LogP contribution < -0.4 is 5.32 Å². The number of hydrogen-bond acceptors (Lipinski definition) is 3. The van der Waals surface area contributed by atoms with Crippen LogP contribution in [-0.2, 0) is 14.3 Å². The fraction of sp³-hybridized carbons (Fsp3) is 0.778. The lowest BCUT2D eigenvalue weighted by molar-refractivity contribution is -0.132. The van der Waals surface area contributed by atoms with Gasteiger partial charge in [-0.15, -0.1) is 0 Å². The van der Waals surface area contributed by atoms with Crippen molar-refractivity contribution < 1.29 is 14.3 Å². The van der Waals surface area contributed by atoms with E-state index in [4.69, 9.17) is 4.74 Å². The molecule has 0 aromatic rings. The van der Waals surface area contributed by atoms with Crippen molar-refractivity contribution in [1.82, 2.24) is 5.32 Å². The molecule has 1 N–H and O–H groups in total. The van der Waals surface area contributed by atoms with Crippen LogP contribution in [0.4, 0.5) is 0 Å². The molecule has 0 aliphatic carbocycles. The molecule has 1 atom stereocenters. The Labute approximate surface area is 77.6 Å². The van der Waals surface area contributed by atoms with E-state index in [0.29, 0.717) is 26.0 Å². The van der Waals surface area contributed by atoms with Gasteiger partial charge in [0.2, 0.25) is 5.91 Å². The second-order valence-electron chi connectivity index (χ2n) is 4.10. The summed E-state index contributed by atoms with van der Waals surface area (Å²) in [5, 5.41) is 2.77. The molecule has 1 amide bonds.